The van der Waals surface area contributed by atoms with Gasteiger partial charge in [-0.3, -0.25) is 9.79 Å². The van der Waals surface area contributed by atoms with Gasteiger partial charge < -0.3 is 14.9 Å². The van der Waals surface area contributed by atoms with Crippen molar-refractivity contribution in [3.63, 3.8) is 0 Å². The number of fused-ring (bicyclic) bond motifs is 3. The van der Waals surface area contributed by atoms with E-state index in [-0.39, 0.29) is 23.7 Å². The van der Waals surface area contributed by atoms with Crippen molar-refractivity contribution in [1.29, 1.82) is 0 Å². The maximum Gasteiger partial charge on any atom is 0.270 e. The van der Waals surface area contributed by atoms with Gasteiger partial charge in [-0.05, 0) is 80.7 Å². The number of aromatic hydroxyl groups is 1. The van der Waals surface area contributed by atoms with E-state index in [1.807, 2.05) is 40.0 Å². The topological polar surface area (TPSA) is 56.1 Å². The molecule has 2 unspecified atom stereocenters. The first-order valence-corrected chi connectivity index (χ1v) is 12.0. The Kier molecular flexibility index (Phi) is 5.63. The van der Waals surface area contributed by atoms with Gasteiger partial charge in [0.15, 0.2) is 6.17 Å². The minimum Gasteiger partial charge on any atom is -0.508 e. The van der Waals surface area contributed by atoms with Crippen molar-refractivity contribution in [2.24, 2.45) is 10.9 Å². The van der Waals surface area contributed by atoms with E-state index in [1.165, 1.54) is 0 Å². The molecule has 1 aromatic carbocycles. The van der Waals surface area contributed by atoms with Gasteiger partial charge in [-0.2, -0.15) is 0 Å². The second kappa shape index (κ2) is 7.97. The third kappa shape index (κ3) is 3.98. The summed E-state index contributed by atoms with van der Waals surface area (Å²) in [7, 11) is 1.86. The number of benzene rings is 1. The van der Waals surface area contributed by atoms with Gasteiger partial charge in [0.2, 0.25) is 0 Å². The zero-order chi connectivity index (χ0) is 22.5. The molecule has 0 saturated carbocycles. The molecule has 4 rings (SSSR count). The molecule has 166 valence electrons. The summed E-state index contributed by atoms with van der Waals surface area (Å²) in [5.74, 6) is 0.831. The summed E-state index contributed by atoms with van der Waals surface area (Å²) in [6, 6.07) is 8.15. The first-order chi connectivity index (χ1) is 14.6. The van der Waals surface area contributed by atoms with E-state index in [0.717, 1.165) is 41.0 Å². The number of rotatable bonds is 4. The minimum absolute atomic E-state index is 0.00573. The Hall–Kier alpha value is -2.34. The molecule has 1 N–H and O–H groups in total. The van der Waals surface area contributed by atoms with Gasteiger partial charge in [0.05, 0.1) is 6.04 Å². The molecule has 6 heteroatoms. The van der Waals surface area contributed by atoms with Crippen molar-refractivity contribution in [3.05, 3.63) is 45.6 Å². The van der Waals surface area contributed by atoms with E-state index in [2.05, 4.69) is 36.3 Å². The molecule has 0 aliphatic carbocycles. The molecule has 2 atom stereocenters. The highest BCUT2D eigenvalue weighted by Gasteiger charge is 2.45. The average Bonchev–Trinajstić information content (AvgIpc) is 3.34. The van der Waals surface area contributed by atoms with Gasteiger partial charge >= 0.3 is 0 Å². The smallest absolute Gasteiger partial charge is 0.270 e. The Morgan fingerprint density at radius 3 is 2.71 bits per heavy atom. The van der Waals surface area contributed by atoms with Gasteiger partial charge in [0, 0.05) is 23.2 Å². The van der Waals surface area contributed by atoms with Crippen molar-refractivity contribution in [3.8, 4) is 5.75 Å². The average molecular weight is 440 g/mol. The summed E-state index contributed by atoms with van der Waals surface area (Å²) in [5.41, 5.74) is 3.59. The molecule has 2 aromatic rings. The lowest BCUT2D eigenvalue weighted by atomic mass is 9.90. The highest BCUT2D eigenvalue weighted by molar-refractivity contribution is 7.10. The van der Waals surface area contributed by atoms with Crippen LogP contribution in [0.2, 0.25) is 0 Å². The summed E-state index contributed by atoms with van der Waals surface area (Å²) in [4.78, 5) is 23.7. The molecule has 0 spiro atoms. The van der Waals surface area contributed by atoms with Crippen molar-refractivity contribution in [2.75, 3.05) is 11.9 Å². The summed E-state index contributed by atoms with van der Waals surface area (Å²) >= 11 is 1.67. The van der Waals surface area contributed by atoms with Gasteiger partial charge in [-0.25, -0.2) is 0 Å². The Bertz CT molecular complexity index is 1000. The molecule has 1 aromatic heterocycles. The van der Waals surface area contributed by atoms with Gasteiger partial charge in [-0.15, -0.1) is 11.3 Å². The number of hydrogen-bond acceptors (Lipinski definition) is 5. The normalized spacial score (nSPS) is 20.5. The van der Waals surface area contributed by atoms with Crippen LogP contribution in [0.4, 0.5) is 5.69 Å². The predicted molar refractivity (Wildman–Crippen MR) is 128 cm³/mol. The molecule has 2 aliphatic rings. The number of aryl methyl sites for hydroxylation is 1. The number of amides is 1. The largest absolute Gasteiger partial charge is 0.508 e. The molecular weight excluding hydrogens is 406 g/mol. The number of aliphatic imine (C=N–C) groups is 1. The Balaban J connectivity index is 1.79. The highest BCUT2D eigenvalue weighted by Crippen LogP contribution is 2.45. The number of carbonyl (C=O) groups excluding carboxylic acids is 1. The van der Waals surface area contributed by atoms with E-state index in [0.29, 0.717) is 17.4 Å². The fourth-order valence-corrected chi connectivity index (χ4v) is 5.23. The monoisotopic (exact) mass is 439 g/mol. The summed E-state index contributed by atoms with van der Waals surface area (Å²) in [6.45, 7) is 10.5. The molecule has 0 saturated heterocycles. The molecule has 0 fully saturated rings. The lowest BCUT2D eigenvalue weighted by Crippen LogP contribution is -2.51. The van der Waals surface area contributed by atoms with Crippen molar-refractivity contribution < 1.29 is 9.90 Å². The van der Waals surface area contributed by atoms with Crippen molar-refractivity contribution in [1.82, 2.24) is 4.90 Å². The molecule has 1 amide bonds. The maximum atomic E-state index is 13.5. The minimum atomic E-state index is -0.270. The second-order valence-electron chi connectivity index (χ2n) is 10.1. The lowest BCUT2D eigenvalue weighted by molar-refractivity contribution is -0.126. The van der Waals surface area contributed by atoms with Crippen LogP contribution in [0.5, 0.6) is 5.75 Å². The predicted octanol–water partition coefficient (Wildman–Crippen LogP) is 5.18. The maximum absolute atomic E-state index is 13.5. The first-order valence-electron chi connectivity index (χ1n) is 11.1. The van der Waals surface area contributed by atoms with E-state index in [4.69, 9.17) is 4.99 Å². The number of carbonyl (C=O) groups is 1. The van der Waals surface area contributed by atoms with Crippen LogP contribution in [0.1, 0.15) is 63.2 Å². The van der Waals surface area contributed by atoms with Crippen LogP contribution in [0.3, 0.4) is 0 Å². The van der Waals surface area contributed by atoms with Gasteiger partial charge in [0.25, 0.3) is 5.91 Å². The fraction of sp³-hybridized carbons (Fsp3) is 0.520. The van der Waals surface area contributed by atoms with Crippen LogP contribution in [-0.4, -0.2) is 40.3 Å². The summed E-state index contributed by atoms with van der Waals surface area (Å²) < 4.78 is 0. The number of hydrogen-bond donors (Lipinski definition) is 1. The summed E-state index contributed by atoms with van der Waals surface area (Å²) in [5, 5.41) is 12.7. The third-order valence-corrected chi connectivity index (χ3v) is 7.29. The zero-order valence-electron chi connectivity index (χ0n) is 19.3. The Labute approximate surface area is 189 Å². The van der Waals surface area contributed by atoms with E-state index >= 15 is 0 Å². The van der Waals surface area contributed by atoms with Crippen LogP contribution in [0.25, 0.3) is 0 Å². The number of nitrogens with zero attached hydrogens (tertiary/aromatic N) is 3. The SMILES string of the molecule is CC(C)Cc1cc2c(cc1O)CCC1C(C(=O)N(C)C(C)(C)C)=NC(c3cccs3)N21. The summed E-state index contributed by atoms with van der Waals surface area (Å²) in [6.07, 6.45) is 2.27. The van der Waals surface area contributed by atoms with Crippen LogP contribution < -0.4 is 4.90 Å². The molecule has 31 heavy (non-hydrogen) atoms. The quantitative estimate of drug-likeness (QED) is 0.714. The molecule has 2 aliphatic heterocycles. The van der Waals surface area contributed by atoms with E-state index in [1.54, 1.807) is 16.2 Å². The van der Waals surface area contributed by atoms with Crippen LogP contribution in [-0.2, 0) is 17.6 Å². The van der Waals surface area contributed by atoms with Gasteiger partial charge in [0.1, 0.15) is 11.5 Å². The zero-order valence-corrected chi connectivity index (χ0v) is 20.2. The second-order valence-corrected chi connectivity index (χ2v) is 11.1. The lowest BCUT2D eigenvalue weighted by Gasteiger charge is -2.38. The van der Waals surface area contributed by atoms with Crippen molar-refractivity contribution >= 4 is 28.6 Å². The third-order valence-electron chi connectivity index (χ3n) is 6.38. The number of anilines is 1. The molecule has 5 nitrogen and oxygen atoms in total. The van der Waals surface area contributed by atoms with Crippen LogP contribution >= 0.6 is 11.3 Å². The molecular formula is C25H33N3O2S. The highest BCUT2D eigenvalue weighted by atomic mass is 32.1. The standard InChI is InChI=1S/C25H33N3O2S/c1-15(2)12-17-13-19-16(14-20(17)29)9-10-18-22(24(30)27(6)25(3,4)5)26-23(28(18)19)21-8-7-11-31-21/h7-8,11,13-15,18,23,29H,9-10,12H2,1-6H3. The number of thiophene rings is 1. The van der Waals surface area contributed by atoms with Crippen LogP contribution in [0, 0.1) is 5.92 Å². The van der Waals surface area contributed by atoms with E-state index < -0.39 is 0 Å². The molecule has 3 heterocycles. The Morgan fingerprint density at radius 2 is 2.10 bits per heavy atom. The van der Waals surface area contributed by atoms with Crippen LogP contribution in [0.15, 0.2) is 34.6 Å². The number of phenols is 1. The van der Waals surface area contributed by atoms with Gasteiger partial charge in [-0.1, -0.05) is 19.9 Å². The van der Waals surface area contributed by atoms with Crippen molar-refractivity contribution in [2.45, 2.75) is 71.6 Å². The first kappa shape index (κ1) is 21.9. The molecule has 0 radical (unpaired) electrons. The molecule has 0 bridgehead atoms. The number of phenolic OH excluding ortho intramolecular Hbond substituents is 1. The fourth-order valence-electron chi connectivity index (χ4n) is 4.47. The van der Waals surface area contributed by atoms with E-state index in [9.17, 15) is 9.90 Å². The Morgan fingerprint density at radius 1 is 1.35 bits per heavy atom.